The molecule has 3 rings (SSSR count). The highest BCUT2D eigenvalue weighted by atomic mass is 19.1. The van der Waals surface area contributed by atoms with E-state index in [2.05, 4.69) is 6.92 Å². The Morgan fingerprint density at radius 2 is 1.76 bits per heavy atom. The molecule has 2 aliphatic rings. The first-order valence-electron chi connectivity index (χ1n) is 8.65. The van der Waals surface area contributed by atoms with Crippen molar-refractivity contribution >= 4 is 0 Å². The van der Waals surface area contributed by atoms with Crippen LogP contribution in [0.3, 0.4) is 0 Å². The van der Waals surface area contributed by atoms with Crippen LogP contribution >= 0.6 is 0 Å². The van der Waals surface area contributed by atoms with Crippen molar-refractivity contribution in [1.82, 2.24) is 0 Å². The zero-order valence-corrected chi connectivity index (χ0v) is 13.2. The average Bonchev–Trinajstić information content (AvgIpc) is 2.51. The van der Waals surface area contributed by atoms with Gasteiger partial charge in [0, 0.05) is 11.5 Å². The zero-order valence-electron chi connectivity index (χ0n) is 13.2. The minimum absolute atomic E-state index is 0.0410. The highest BCUT2D eigenvalue weighted by Gasteiger charge is 2.34. The highest BCUT2D eigenvalue weighted by Crippen LogP contribution is 2.21. The van der Waals surface area contributed by atoms with Crippen molar-refractivity contribution in [3.63, 3.8) is 0 Å². The van der Waals surface area contributed by atoms with Crippen LogP contribution in [0.25, 0.3) is 0 Å². The second-order valence-corrected chi connectivity index (χ2v) is 7.04. The number of benzene rings is 1. The smallest absolute Gasteiger partial charge is 0.132 e. The van der Waals surface area contributed by atoms with Gasteiger partial charge in [-0.1, -0.05) is 31.5 Å². The lowest BCUT2D eigenvalue weighted by molar-refractivity contribution is -1.03. The number of hydrogen-bond acceptors (Lipinski definition) is 0. The highest BCUT2D eigenvalue weighted by molar-refractivity contribution is 5.15. The van der Waals surface area contributed by atoms with E-state index in [1.807, 2.05) is 17.0 Å². The molecule has 0 bridgehead atoms. The minimum atomic E-state index is -0.0410. The van der Waals surface area contributed by atoms with Gasteiger partial charge in [-0.2, -0.15) is 0 Å². The summed E-state index contributed by atoms with van der Waals surface area (Å²) >= 11 is 0. The van der Waals surface area contributed by atoms with Gasteiger partial charge in [-0.15, -0.1) is 0 Å². The standard InChI is InChI=1S/C18H27FN2/c1-15-6-2-5-9-18(15)21-12-10-20(11-13-21)14-16-7-3-4-8-17(16)19/h3-4,7-8,15,18H,2,5-6,9-14H2,1H3/p+2/t15-,18+/m1/s1. The van der Waals surface area contributed by atoms with Crippen molar-refractivity contribution < 1.29 is 14.2 Å². The predicted molar refractivity (Wildman–Crippen MR) is 82.9 cm³/mol. The Bertz CT molecular complexity index is 454. The van der Waals surface area contributed by atoms with Gasteiger partial charge < -0.3 is 9.80 Å². The van der Waals surface area contributed by atoms with Crippen molar-refractivity contribution in [2.75, 3.05) is 26.2 Å². The Kier molecular flexibility index (Phi) is 4.91. The summed E-state index contributed by atoms with van der Waals surface area (Å²) in [6.07, 6.45) is 5.68. The third kappa shape index (κ3) is 3.64. The van der Waals surface area contributed by atoms with Gasteiger partial charge in [-0.05, 0) is 25.3 Å². The largest absolute Gasteiger partial charge is 0.323 e. The first-order chi connectivity index (χ1) is 10.2. The maximum Gasteiger partial charge on any atom is 0.132 e. The molecule has 21 heavy (non-hydrogen) atoms. The fraction of sp³-hybridized carbons (Fsp3) is 0.667. The molecule has 0 spiro atoms. The molecule has 116 valence electrons. The second-order valence-electron chi connectivity index (χ2n) is 7.04. The molecule has 2 atom stereocenters. The van der Waals surface area contributed by atoms with Crippen molar-refractivity contribution in [2.24, 2.45) is 5.92 Å². The molecule has 1 saturated carbocycles. The Balaban J connectivity index is 1.52. The number of hydrogen-bond donors (Lipinski definition) is 2. The monoisotopic (exact) mass is 292 g/mol. The Hall–Kier alpha value is -0.930. The average molecular weight is 292 g/mol. The van der Waals surface area contributed by atoms with Gasteiger partial charge in [-0.25, -0.2) is 4.39 Å². The van der Waals surface area contributed by atoms with Crippen molar-refractivity contribution in [3.8, 4) is 0 Å². The summed E-state index contributed by atoms with van der Waals surface area (Å²) in [5.74, 6) is 0.850. The molecule has 0 aromatic heterocycles. The lowest BCUT2D eigenvalue weighted by Gasteiger charge is -2.39. The molecule has 2 N–H and O–H groups in total. The molecule has 1 aliphatic heterocycles. The number of halogens is 1. The first kappa shape index (κ1) is 15.0. The second kappa shape index (κ2) is 6.89. The van der Waals surface area contributed by atoms with E-state index in [1.165, 1.54) is 51.9 Å². The SMILES string of the molecule is C[C@@H]1CCCC[C@@H]1[NH+]1CC[NH+](Cc2ccccc2F)CC1. The number of quaternary nitrogens is 2. The molecule has 0 unspecified atom stereocenters. The van der Waals surface area contributed by atoms with Crippen molar-refractivity contribution in [3.05, 3.63) is 35.6 Å². The van der Waals surface area contributed by atoms with Crippen LogP contribution in [-0.2, 0) is 6.54 Å². The maximum absolute atomic E-state index is 13.7. The number of nitrogens with one attached hydrogen (secondary N) is 2. The van der Waals surface area contributed by atoms with Gasteiger partial charge in [0.05, 0.1) is 6.04 Å². The number of rotatable bonds is 3. The molecular weight excluding hydrogens is 263 g/mol. The summed E-state index contributed by atoms with van der Waals surface area (Å²) in [7, 11) is 0. The molecule has 2 nitrogen and oxygen atoms in total. The fourth-order valence-corrected chi connectivity index (χ4v) is 4.31. The van der Waals surface area contributed by atoms with Crippen LogP contribution in [0.2, 0.25) is 0 Å². The van der Waals surface area contributed by atoms with Gasteiger partial charge in [0.25, 0.3) is 0 Å². The molecule has 0 radical (unpaired) electrons. The fourth-order valence-electron chi connectivity index (χ4n) is 4.31. The van der Waals surface area contributed by atoms with Crippen LogP contribution < -0.4 is 9.80 Å². The van der Waals surface area contributed by atoms with E-state index >= 15 is 0 Å². The maximum atomic E-state index is 13.7. The Morgan fingerprint density at radius 3 is 2.48 bits per heavy atom. The molecule has 0 amide bonds. The zero-order chi connectivity index (χ0) is 14.7. The molecule has 2 fully saturated rings. The first-order valence-corrected chi connectivity index (χ1v) is 8.65. The van der Waals surface area contributed by atoms with Crippen LogP contribution in [-0.4, -0.2) is 32.2 Å². The van der Waals surface area contributed by atoms with E-state index < -0.39 is 0 Å². The normalized spacial score (nSPS) is 33.8. The Labute approximate surface area is 127 Å². The lowest BCUT2D eigenvalue weighted by atomic mass is 9.84. The van der Waals surface area contributed by atoms with E-state index in [4.69, 9.17) is 0 Å². The van der Waals surface area contributed by atoms with E-state index in [-0.39, 0.29) is 5.82 Å². The minimum Gasteiger partial charge on any atom is -0.323 e. The summed E-state index contributed by atoms with van der Waals surface area (Å²) < 4.78 is 13.7. The van der Waals surface area contributed by atoms with E-state index in [0.29, 0.717) is 0 Å². The van der Waals surface area contributed by atoms with Crippen LogP contribution in [0.4, 0.5) is 4.39 Å². The van der Waals surface area contributed by atoms with Crippen LogP contribution in [0.1, 0.15) is 38.2 Å². The predicted octanol–water partition coefficient (Wildman–Crippen LogP) is 0.688. The van der Waals surface area contributed by atoms with Gasteiger partial charge in [0.2, 0.25) is 0 Å². The molecule has 1 saturated heterocycles. The quantitative estimate of drug-likeness (QED) is 0.811. The van der Waals surface area contributed by atoms with Gasteiger partial charge >= 0.3 is 0 Å². The van der Waals surface area contributed by atoms with Crippen molar-refractivity contribution in [1.29, 1.82) is 0 Å². The molecule has 1 heterocycles. The topological polar surface area (TPSA) is 8.88 Å². The Morgan fingerprint density at radius 1 is 1.05 bits per heavy atom. The molecule has 1 aromatic rings. The summed E-state index contributed by atoms with van der Waals surface area (Å²) in [4.78, 5) is 3.37. The summed E-state index contributed by atoms with van der Waals surface area (Å²) in [5, 5.41) is 0. The molecule has 1 aromatic carbocycles. The summed E-state index contributed by atoms with van der Waals surface area (Å²) in [6, 6.07) is 8.13. The number of piperazine rings is 1. The molecule has 1 aliphatic carbocycles. The molecular formula is C18H29FN2+2. The van der Waals surface area contributed by atoms with Crippen LogP contribution in [0.5, 0.6) is 0 Å². The van der Waals surface area contributed by atoms with Crippen LogP contribution in [0.15, 0.2) is 24.3 Å². The van der Waals surface area contributed by atoms with E-state index in [0.717, 1.165) is 24.1 Å². The summed E-state index contributed by atoms with van der Waals surface area (Å²) in [5.41, 5.74) is 0.877. The van der Waals surface area contributed by atoms with Crippen LogP contribution in [0, 0.1) is 11.7 Å². The van der Waals surface area contributed by atoms with E-state index in [9.17, 15) is 4.39 Å². The summed E-state index contributed by atoms with van der Waals surface area (Å²) in [6.45, 7) is 8.19. The van der Waals surface area contributed by atoms with E-state index in [1.54, 1.807) is 17.0 Å². The molecule has 3 heteroatoms. The lowest BCUT2D eigenvalue weighted by Crippen LogP contribution is -3.29. The third-order valence-electron chi connectivity index (χ3n) is 5.63. The van der Waals surface area contributed by atoms with Crippen molar-refractivity contribution in [2.45, 2.75) is 45.2 Å². The third-order valence-corrected chi connectivity index (χ3v) is 5.63. The van der Waals surface area contributed by atoms with Gasteiger partial charge in [0.15, 0.2) is 0 Å². The van der Waals surface area contributed by atoms with Gasteiger partial charge in [-0.3, -0.25) is 0 Å². The van der Waals surface area contributed by atoms with Gasteiger partial charge in [0.1, 0.15) is 38.5 Å².